The first-order valence-electron chi connectivity index (χ1n) is 8.41. The van der Waals surface area contributed by atoms with E-state index in [-0.39, 0.29) is 23.0 Å². The number of benzene rings is 2. The maximum atomic E-state index is 12.7. The molecule has 2 aromatic rings. The molecule has 1 saturated carbocycles. The largest absolute Gasteiger partial charge is 0.336 e. The third kappa shape index (κ3) is 2.61. The highest BCUT2D eigenvalue weighted by Crippen LogP contribution is 2.40. The summed E-state index contributed by atoms with van der Waals surface area (Å²) in [5.41, 5.74) is 1.63. The molecule has 25 heavy (non-hydrogen) atoms. The van der Waals surface area contributed by atoms with Gasteiger partial charge in [0, 0.05) is 0 Å². The van der Waals surface area contributed by atoms with Gasteiger partial charge < -0.3 is 4.84 Å². The molecule has 2 aromatic carbocycles. The van der Waals surface area contributed by atoms with Crippen molar-refractivity contribution < 1.29 is 19.2 Å². The summed E-state index contributed by atoms with van der Waals surface area (Å²) in [4.78, 5) is 42.6. The van der Waals surface area contributed by atoms with Crippen molar-refractivity contribution >= 4 is 17.8 Å². The van der Waals surface area contributed by atoms with Crippen LogP contribution < -0.4 is 0 Å². The maximum Gasteiger partial charge on any atom is 0.336 e. The van der Waals surface area contributed by atoms with E-state index in [1.165, 1.54) is 0 Å². The van der Waals surface area contributed by atoms with E-state index in [4.69, 9.17) is 4.84 Å². The zero-order chi connectivity index (χ0) is 17.4. The molecule has 0 radical (unpaired) electrons. The van der Waals surface area contributed by atoms with Gasteiger partial charge in [0.15, 0.2) is 0 Å². The average Bonchev–Trinajstić information content (AvgIpc) is 3.23. The monoisotopic (exact) mass is 335 g/mol. The van der Waals surface area contributed by atoms with E-state index in [1.54, 1.807) is 24.3 Å². The van der Waals surface area contributed by atoms with Crippen LogP contribution in [0.15, 0.2) is 54.6 Å². The molecule has 0 spiro atoms. The molecule has 0 N–H and O–H groups in total. The lowest BCUT2D eigenvalue weighted by Gasteiger charge is -2.21. The fourth-order valence-electron chi connectivity index (χ4n) is 3.75. The minimum Gasteiger partial charge on any atom is -0.329 e. The van der Waals surface area contributed by atoms with E-state index >= 15 is 0 Å². The predicted molar refractivity (Wildman–Crippen MR) is 89.6 cm³/mol. The van der Waals surface area contributed by atoms with Crippen LogP contribution in [0.25, 0.3) is 0 Å². The Morgan fingerprint density at radius 1 is 0.880 bits per heavy atom. The average molecular weight is 335 g/mol. The summed E-state index contributed by atoms with van der Waals surface area (Å²) in [5, 5.41) is 0.605. The van der Waals surface area contributed by atoms with Crippen molar-refractivity contribution in [1.82, 2.24) is 5.06 Å². The highest BCUT2D eigenvalue weighted by Gasteiger charge is 2.42. The SMILES string of the molecule is O=C(ON1C(=O)c2ccccc2C1=O)C1CCCC1c1ccccc1. The fraction of sp³-hybridized carbons (Fsp3) is 0.250. The molecule has 1 fully saturated rings. The van der Waals surface area contributed by atoms with Gasteiger partial charge >= 0.3 is 5.97 Å². The molecular formula is C20H17NO4. The molecule has 1 heterocycles. The second-order valence-electron chi connectivity index (χ2n) is 6.42. The molecule has 2 aliphatic rings. The molecule has 2 atom stereocenters. The predicted octanol–water partition coefficient (Wildman–Crippen LogP) is 3.32. The highest BCUT2D eigenvalue weighted by atomic mass is 16.7. The summed E-state index contributed by atoms with van der Waals surface area (Å²) in [6.07, 6.45) is 2.51. The Morgan fingerprint density at radius 3 is 2.12 bits per heavy atom. The Morgan fingerprint density at radius 2 is 1.48 bits per heavy atom. The molecule has 1 aliphatic carbocycles. The van der Waals surface area contributed by atoms with Crippen LogP contribution in [-0.2, 0) is 9.63 Å². The quantitative estimate of drug-likeness (QED) is 0.807. The molecule has 0 aromatic heterocycles. The minimum absolute atomic E-state index is 0.0592. The molecule has 4 rings (SSSR count). The first-order chi connectivity index (χ1) is 12.2. The minimum atomic E-state index is -0.580. The normalized spacial score (nSPS) is 22.2. The van der Waals surface area contributed by atoms with E-state index in [0.29, 0.717) is 11.5 Å². The Balaban J connectivity index is 1.53. The van der Waals surface area contributed by atoms with Crippen LogP contribution in [-0.4, -0.2) is 22.8 Å². The van der Waals surface area contributed by atoms with Crippen molar-refractivity contribution in [3.05, 3.63) is 71.3 Å². The number of amides is 2. The van der Waals surface area contributed by atoms with Crippen molar-refractivity contribution in [2.75, 3.05) is 0 Å². The highest BCUT2D eigenvalue weighted by molar-refractivity contribution is 6.20. The third-order valence-corrected chi connectivity index (χ3v) is 4.98. The second kappa shape index (κ2) is 6.16. The lowest BCUT2D eigenvalue weighted by molar-refractivity contribution is -0.174. The third-order valence-electron chi connectivity index (χ3n) is 4.98. The van der Waals surface area contributed by atoms with Gasteiger partial charge in [-0.3, -0.25) is 9.59 Å². The van der Waals surface area contributed by atoms with E-state index < -0.39 is 17.8 Å². The molecule has 5 heteroatoms. The van der Waals surface area contributed by atoms with Crippen LogP contribution in [0.4, 0.5) is 0 Å². The smallest absolute Gasteiger partial charge is 0.329 e. The van der Waals surface area contributed by atoms with Crippen LogP contribution in [0.5, 0.6) is 0 Å². The summed E-state index contributed by atoms with van der Waals surface area (Å²) in [6.45, 7) is 0. The van der Waals surface area contributed by atoms with E-state index in [9.17, 15) is 14.4 Å². The van der Waals surface area contributed by atoms with Crippen LogP contribution in [0.1, 0.15) is 51.5 Å². The Labute approximate surface area is 145 Å². The van der Waals surface area contributed by atoms with Gasteiger partial charge in [0.05, 0.1) is 17.0 Å². The lowest BCUT2D eigenvalue weighted by atomic mass is 9.89. The van der Waals surface area contributed by atoms with Gasteiger partial charge in [0.2, 0.25) is 0 Å². The van der Waals surface area contributed by atoms with Gasteiger partial charge in [-0.05, 0) is 36.5 Å². The zero-order valence-corrected chi connectivity index (χ0v) is 13.6. The summed E-state index contributed by atoms with van der Waals surface area (Å²) >= 11 is 0. The summed E-state index contributed by atoms with van der Waals surface area (Å²) in [7, 11) is 0. The molecular weight excluding hydrogens is 318 g/mol. The number of nitrogens with zero attached hydrogens (tertiary/aromatic N) is 1. The Kier molecular flexibility index (Phi) is 3.84. The topological polar surface area (TPSA) is 63.7 Å². The van der Waals surface area contributed by atoms with Gasteiger partial charge in [-0.25, -0.2) is 4.79 Å². The van der Waals surface area contributed by atoms with Crippen molar-refractivity contribution in [2.24, 2.45) is 5.92 Å². The standard InChI is InChI=1S/C20H17NO4/c22-18-15-9-4-5-10-16(15)19(23)21(18)25-20(24)17-12-6-11-14(17)13-7-2-1-3-8-13/h1-5,7-10,14,17H,6,11-12H2. The van der Waals surface area contributed by atoms with Crippen LogP contribution in [0, 0.1) is 5.92 Å². The molecule has 0 bridgehead atoms. The van der Waals surface area contributed by atoms with Crippen molar-refractivity contribution in [3.63, 3.8) is 0 Å². The molecule has 0 saturated heterocycles. The molecule has 1 aliphatic heterocycles. The van der Waals surface area contributed by atoms with Gasteiger partial charge in [0.25, 0.3) is 11.8 Å². The Bertz CT molecular complexity index is 811. The second-order valence-corrected chi connectivity index (χ2v) is 6.42. The molecule has 2 amide bonds. The van der Waals surface area contributed by atoms with E-state index in [1.807, 2.05) is 30.3 Å². The number of carbonyl (C=O) groups is 3. The van der Waals surface area contributed by atoms with Crippen LogP contribution in [0.3, 0.4) is 0 Å². The molecule has 5 nitrogen and oxygen atoms in total. The van der Waals surface area contributed by atoms with Gasteiger partial charge in [-0.15, -0.1) is 0 Å². The van der Waals surface area contributed by atoms with Crippen molar-refractivity contribution in [3.8, 4) is 0 Å². The fourth-order valence-corrected chi connectivity index (χ4v) is 3.75. The number of hydroxylamine groups is 2. The van der Waals surface area contributed by atoms with Crippen molar-refractivity contribution in [2.45, 2.75) is 25.2 Å². The number of rotatable bonds is 3. The molecule has 2 unspecified atom stereocenters. The Hall–Kier alpha value is -2.95. The van der Waals surface area contributed by atoms with Crippen LogP contribution in [0.2, 0.25) is 0 Å². The van der Waals surface area contributed by atoms with E-state index in [0.717, 1.165) is 18.4 Å². The maximum absolute atomic E-state index is 12.7. The van der Waals surface area contributed by atoms with E-state index in [2.05, 4.69) is 0 Å². The number of fused-ring (bicyclic) bond motifs is 1. The first kappa shape index (κ1) is 15.6. The van der Waals surface area contributed by atoms with Gasteiger partial charge in [-0.1, -0.05) is 53.9 Å². The first-order valence-corrected chi connectivity index (χ1v) is 8.41. The lowest BCUT2D eigenvalue weighted by Crippen LogP contribution is -2.35. The number of imide groups is 1. The van der Waals surface area contributed by atoms with Gasteiger partial charge in [-0.2, -0.15) is 0 Å². The molecule has 126 valence electrons. The number of hydrogen-bond donors (Lipinski definition) is 0. The number of carbonyl (C=O) groups excluding carboxylic acids is 3. The summed E-state index contributed by atoms with van der Waals surface area (Å²) in [5.74, 6) is -1.96. The zero-order valence-electron chi connectivity index (χ0n) is 13.6. The van der Waals surface area contributed by atoms with Crippen molar-refractivity contribution in [1.29, 1.82) is 0 Å². The number of hydrogen-bond acceptors (Lipinski definition) is 4. The summed E-state index contributed by atoms with van der Waals surface area (Å²) < 4.78 is 0. The van der Waals surface area contributed by atoms with Gasteiger partial charge in [0.1, 0.15) is 0 Å². The summed E-state index contributed by atoms with van der Waals surface area (Å²) in [6, 6.07) is 16.3. The van der Waals surface area contributed by atoms with Crippen LogP contribution >= 0.6 is 0 Å².